The largest absolute Gasteiger partial charge is 0.366 e. The van der Waals surface area contributed by atoms with Gasteiger partial charge in [0.1, 0.15) is 0 Å². The van der Waals surface area contributed by atoms with Crippen molar-refractivity contribution in [3.8, 4) is 0 Å². The summed E-state index contributed by atoms with van der Waals surface area (Å²) in [5.74, 6) is 0. The molecule has 0 aliphatic rings. The molecule has 50 valence electrons. The second-order valence-corrected chi connectivity index (χ2v) is 1.63. The van der Waals surface area contributed by atoms with Crippen LogP contribution in [0.25, 0.3) is 0 Å². The summed E-state index contributed by atoms with van der Waals surface area (Å²) in [6, 6.07) is 0. The number of nitrogens with one attached hydrogen (secondary N) is 1. The molecule has 0 atom stereocenters. The molecule has 0 unspecified atom stereocenters. The zero-order valence-electron chi connectivity index (χ0n) is 5.85. The van der Waals surface area contributed by atoms with Gasteiger partial charge in [-0.1, -0.05) is 26.2 Å². The molecule has 0 rings (SSSR count). The van der Waals surface area contributed by atoms with Gasteiger partial charge in [-0.25, -0.2) is 0 Å². The molecule has 0 aromatic rings. The van der Waals surface area contributed by atoms with Crippen molar-refractivity contribution in [3.63, 3.8) is 0 Å². The Labute approximate surface area is 56.8 Å². The van der Waals surface area contributed by atoms with E-state index in [0.29, 0.717) is 0 Å². The van der Waals surface area contributed by atoms with Gasteiger partial charge in [-0.05, 0) is 18.7 Å². The van der Waals surface area contributed by atoms with Gasteiger partial charge in [0, 0.05) is 5.70 Å². The fraction of sp³-hybridized carbons (Fsp3) is 0.250. The van der Waals surface area contributed by atoms with Crippen LogP contribution in [-0.2, 0) is 0 Å². The van der Waals surface area contributed by atoms with E-state index in [0.717, 1.165) is 12.1 Å². The van der Waals surface area contributed by atoms with E-state index in [1.54, 1.807) is 12.3 Å². The minimum absolute atomic E-state index is 0.984. The number of allylic oxidation sites excluding steroid dienone is 3. The molecule has 0 spiro atoms. The lowest BCUT2D eigenvalue weighted by molar-refractivity contribution is 0.947. The maximum Gasteiger partial charge on any atom is 0.0143 e. The Kier molecular flexibility index (Phi) is 4.60. The van der Waals surface area contributed by atoms with Crippen LogP contribution in [0, 0.1) is 0 Å². The molecule has 0 fully saturated rings. The third-order valence-corrected chi connectivity index (χ3v) is 0.987. The van der Waals surface area contributed by atoms with E-state index in [2.05, 4.69) is 25.4 Å². The Morgan fingerprint density at radius 1 is 1.56 bits per heavy atom. The monoisotopic (exact) mass is 123 g/mol. The van der Waals surface area contributed by atoms with E-state index in [4.69, 9.17) is 0 Å². The number of hydrogen-bond acceptors (Lipinski definition) is 1. The normalized spacial score (nSPS) is 10.6. The van der Waals surface area contributed by atoms with Crippen molar-refractivity contribution in [2.45, 2.75) is 13.3 Å². The highest BCUT2D eigenvalue weighted by Crippen LogP contribution is 1.93. The van der Waals surface area contributed by atoms with E-state index < -0.39 is 0 Å². The van der Waals surface area contributed by atoms with E-state index in [1.165, 1.54) is 0 Å². The third kappa shape index (κ3) is 3.59. The van der Waals surface area contributed by atoms with Crippen LogP contribution < -0.4 is 5.32 Å². The smallest absolute Gasteiger partial charge is 0.0143 e. The lowest BCUT2D eigenvalue weighted by atomic mass is 10.3. The first-order valence-corrected chi connectivity index (χ1v) is 3.04. The fourth-order valence-electron chi connectivity index (χ4n) is 0.541. The van der Waals surface area contributed by atoms with Gasteiger partial charge in [0.05, 0.1) is 0 Å². The number of hydrogen-bond donors (Lipinski definition) is 1. The predicted octanol–water partition coefficient (Wildman–Crippen LogP) is 2.20. The van der Waals surface area contributed by atoms with Crippen LogP contribution in [0.1, 0.15) is 13.3 Å². The summed E-state index contributed by atoms with van der Waals surface area (Å²) in [6.07, 6.45) is 6.34. The second kappa shape index (κ2) is 5.16. The summed E-state index contributed by atoms with van der Waals surface area (Å²) in [7, 11) is 0. The Morgan fingerprint density at radius 2 is 2.22 bits per heavy atom. The standard InChI is InChI=1S/C8H13N/c1-4-7-8(5-2)9-6-3/h4,6-7,9H,1,3,5H2,2H3/b8-7+. The van der Waals surface area contributed by atoms with Crippen molar-refractivity contribution in [3.05, 3.63) is 37.2 Å². The van der Waals surface area contributed by atoms with Crippen molar-refractivity contribution in [1.82, 2.24) is 5.32 Å². The molecular weight excluding hydrogens is 110 g/mol. The molecule has 0 bridgehead atoms. The molecule has 0 radical (unpaired) electrons. The Morgan fingerprint density at radius 3 is 2.56 bits per heavy atom. The topological polar surface area (TPSA) is 12.0 Å². The van der Waals surface area contributed by atoms with Crippen molar-refractivity contribution >= 4 is 0 Å². The molecule has 0 saturated carbocycles. The van der Waals surface area contributed by atoms with Gasteiger partial charge in [0.25, 0.3) is 0 Å². The molecule has 1 nitrogen and oxygen atoms in total. The van der Waals surface area contributed by atoms with Gasteiger partial charge >= 0.3 is 0 Å². The first kappa shape index (κ1) is 8.02. The lowest BCUT2D eigenvalue weighted by Crippen LogP contribution is -2.01. The first-order valence-electron chi connectivity index (χ1n) is 3.04. The van der Waals surface area contributed by atoms with Crippen LogP contribution in [0.5, 0.6) is 0 Å². The van der Waals surface area contributed by atoms with Crippen molar-refractivity contribution in [1.29, 1.82) is 0 Å². The molecule has 1 heteroatoms. The van der Waals surface area contributed by atoms with Gasteiger partial charge in [-0.3, -0.25) is 0 Å². The molecule has 0 aliphatic heterocycles. The van der Waals surface area contributed by atoms with E-state index in [-0.39, 0.29) is 0 Å². The minimum Gasteiger partial charge on any atom is -0.366 e. The van der Waals surface area contributed by atoms with Gasteiger partial charge < -0.3 is 5.32 Å². The van der Waals surface area contributed by atoms with Gasteiger partial charge in [0.2, 0.25) is 0 Å². The molecule has 0 heterocycles. The van der Waals surface area contributed by atoms with Crippen LogP contribution in [0.15, 0.2) is 37.2 Å². The van der Waals surface area contributed by atoms with Crippen molar-refractivity contribution in [2.24, 2.45) is 0 Å². The zero-order chi connectivity index (χ0) is 7.11. The van der Waals surface area contributed by atoms with Gasteiger partial charge in [-0.2, -0.15) is 0 Å². The zero-order valence-corrected chi connectivity index (χ0v) is 5.85. The summed E-state index contributed by atoms with van der Waals surface area (Å²) in [6.45, 7) is 9.20. The maximum atomic E-state index is 3.58. The van der Waals surface area contributed by atoms with Crippen molar-refractivity contribution < 1.29 is 0 Å². The van der Waals surface area contributed by atoms with Gasteiger partial charge in [-0.15, -0.1) is 0 Å². The lowest BCUT2D eigenvalue weighted by Gasteiger charge is -1.99. The second-order valence-electron chi connectivity index (χ2n) is 1.63. The molecule has 0 aromatic carbocycles. The molecule has 0 aromatic heterocycles. The highest BCUT2D eigenvalue weighted by atomic mass is 14.8. The van der Waals surface area contributed by atoms with Crippen LogP contribution in [-0.4, -0.2) is 0 Å². The minimum atomic E-state index is 0.984. The van der Waals surface area contributed by atoms with E-state index in [1.807, 2.05) is 6.08 Å². The Balaban J connectivity index is 3.79. The summed E-state index contributed by atoms with van der Waals surface area (Å²) in [5, 5.41) is 2.99. The molecule has 1 N–H and O–H groups in total. The molecule has 0 aliphatic carbocycles. The van der Waals surface area contributed by atoms with Crippen molar-refractivity contribution in [2.75, 3.05) is 0 Å². The highest BCUT2D eigenvalue weighted by molar-refractivity contribution is 5.09. The summed E-state index contributed by atoms with van der Waals surface area (Å²) in [4.78, 5) is 0. The average molecular weight is 123 g/mol. The maximum absolute atomic E-state index is 3.58. The quantitative estimate of drug-likeness (QED) is 0.565. The van der Waals surface area contributed by atoms with Crippen LogP contribution in [0.4, 0.5) is 0 Å². The molecular formula is C8H13N. The Bertz CT molecular complexity index is 123. The summed E-state index contributed by atoms with van der Waals surface area (Å²) >= 11 is 0. The highest BCUT2D eigenvalue weighted by Gasteiger charge is 1.83. The van der Waals surface area contributed by atoms with Crippen LogP contribution in [0.2, 0.25) is 0 Å². The predicted molar refractivity (Wildman–Crippen MR) is 41.9 cm³/mol. The van der Waals surface area contributed by atoms with Gasteiger partial charge in [0.15, 0.2) is 0 Å². The van der Waals surface area contributed by atoms with Crippen LogP contribution in [0.3, 0.4) is 0 Å². The summed E-state index contributed by atoms with van der Waals surface area (Å²) in [5.41, 5.74) is 1.14. The fourth-order valence-corrected chi connectivity index (χ4v) is 0.541. The van der Waals surface area contributed by atoms with Crippen LogP contribution >= 0.6 is 0 Å². The first-order chi connectivity index (χ1) is 4.35. The van der Waals surface area contributed by atoms with E-state index in [9.17, 15) is 0 Å². The van der Waals surface area contributed by atoms with E-state index >= 15 is 0 Å². The third-order valence-electron chi connectivity index (χ3n) is 0.987. The summed E-state index contributed by atoms with van der Waals surface area (Å²) < 4.78 is 0. The molecule has 9 heavy (non-hydrogen) atoms. The molecule has 0 saturated heterocycles. The molecule has 0 amide bonds. The SMILES string of the molecule is C=C/C=C(\CC)NC=C. The number of rotatable bonds is 4. The Hall–Kier alpha value is -0.980. The average Bonchev–Trinajstić information content (AvgIpc) is 1.88.